The van der Waals surface area contributed by atoms with Crippen molar-refractivity contribution in [3.63, 3.8) is 0 Å². The van der Waals surface area contributed by atoms with Crippen molar-refractivity contribution in [3.8, 4) is 23.1 Å². The first kappa shape index (κ1) is 20.7. The van der Waals surface area contributed by atoms with E-state index >= 15 is 0 Å². The number of ether oxygens (including phenoxy) is 1. The number of hydrogen-bond acceptors (Lipinski definition) is 6. The van der Waals surface area contributed by atoms with Gasteiger partial charge in [0.25, 0.3) is 5.91 Å². The summed E-state index contributed by atoms with van der Waals surface area (Å²) in [4.78, 5) is 23.3. The maximum atomic E-state index is 12.4. The summed E-state index contributed by atoms with van der Waals surface area (Å²) in [5.41, 5.74) is 0.752. The molecule has 0 radical (unpaired) electrons. The van der Waals surface area contributed by atoms with Gasteiger partial charge in [-0.1, -0.05) is 23.7 Å². The minimum Gasteiger partial charge on any atom is -0.545 e. The van der Waals surface area contributed by atoms with E-state index in [1.54, 1.807) is 36.4 Å². The van der Waals surface area contributed by atoms with Gasteiger partial charge in [-0.05, 0) is 42.5 Å². The Kier molecular flexibility index (Phi) is 6.20. The third kappa shape index (κ3) is 4.69. The molecule has 0 saturated carbocycles. The molecule has 3 aromatic rings. The molecule has 1 heterocycles. The van der Waals surface area contributed by atoms with Crippen molar-refractivity contribution in [3.05, 3.63) is 76.5 Å². The first-order valence-corrected chi connectivity index (χ1v) is 8.97. The van der Waals surface area contributed by atoms with Gasteiger partial charge in [0.15, 0.2) is 0 Å². The van der Waals surface area contributed by atoms with E-state index in [2.05, 4.69) is 5.32 Å². The zero-order valence-electron chi connectivity index (χ0n) is 15.6. The fourth-order valence-corrected chi connectivity index (χ4v) is 2.84. The molecule has 1 amide bonds. The molecule has 3 rings (SSSR count). The highest BCUT2D eigenvalue weighted by Gasteiger charge is 2.12. The fourth-order valence-electron chi connectivity index (χ4n) is 2.58. The first-order valence-electron chi connectivity index (χ1n) is 8.59. The van der Waals surface area contributed by atoms with Crippen LogP contribution < -0.4 is 15.2 Å². The van der Waals surface area contributed by atoms with E-state index in [1.807, 2.05) is 6.07 Å². The molecule has 2 aromatic carbocycles. The fraction of sp³-hybridized carbons (Fsp3) is 0.0455. The highest BCUT2D eigenvalue weighted by Crippen LogP contribution is 2.28. The van der Waals surface area contributed by atoms with Crippen LogP contribution in [0.4, 0.5) is 5.69 Å². The van der Waals surface area contributed by atoms with Crippen molar-refractivity contribution >= 4 is 35.2 Å². The van der Waals surface area contributed by atoms with Crippen LogP contribution in [-0.2, 0) is 4.79 Å². The number of nitriles is 1. The van der Waals surface area contributed by atoms with Crippen molar-refractivity contribution < 1.29 is 23.8 Å². The molecule has 0 bridgehead atoms. The normalized spacial score (nSPS) is 10.9. The van der Waals surface area contributed by atoms with Crippen molar-refractivity contribution in [1.82, 2.24) is 0 Å². The summed E-state index contributed by atoms with van der Waals surface area (Å²) < 4.78 is 10.7. The monoisotopic (exact) mass is 421 g/mol. The number of carbonyl (C=O) groups excluding carboxylic acids is 2. The number of aromatic carboxylic acids is 1. The van der Waals surface area contributed by atoms with Crippen LogP contribution >= 0.6 is 11.6 Å². The Morgan fingerprint density at radius 3 is 2.50 bits per heavy atom. The SMILES string of the molecule is COc1ccc(NC(=O)/C(C#N)=C/c2ccc(-c3ccc(C(=O)[O-])c(Cl)c3)o2)cc1. The van der Waals surface area contributed by atoms with Gasteiger partial charge >= 0.3 is 0 Å². The predicted octanol–water partition coefficient (Wildman–Crippen LogP) is 3.52. The summed E-state index contributed by atoms with van der Waals surface area (Å²) in [6.07, 6.45) is 1.31. The van der Waals surface area contributed by atoms with Gasteiger partial charge in [-0.2, -0.15) is 5.26 Å². The number of benzene rings is 2. The Labute approximate surface area is 176 Å². The number of carboxylic acids is 1. The largest absolute Gasteiger partial charge is 0.545 e. The molecule has 7 nitrogen and oxygen atoms in total. The Morgan fingerprint density at radius 2 is 1.90 bits per heavy atom. The number of carbonyl (C=O) groups is 2. The number of nitrogens with zero attached hydrogens (tertiary/aromatic N) is 1. The van der Waals surface area contributed by atoms with E-state index in [0.717, 1.165) is 0 Å². The number of carboxylic acid groups (broad SMARTS) is 1. The van der Waals surface area contributed by atoms with Crippen molar-refractivity contribution in [2.45, 2.75) is 0 Å². The van der Waals surface area contributed by atoms with Gasteiger partial charge < -0.3 is 24.4 Å². The van der Waals surface area contributed by atoms with Crippen LogP contribution in [-0.4, -0.2) is 19.0 Å². The van der Waals surface area contributed by atoms with E-state index in [9.17, 15) is 20.0 Å². The lowest BCUT2D eigenvalue weighted by atomic mass is 10.1. The maximum absolute atomic E-state index is 12.4. The molecule has 0 aliphatic rings. The number of nitrogens with one attached hydrogen (secondary N) is 1. The molecule has 0 spiro atoms. The summed E-state index contributed by atoms with van der Waals surface area (Å²) >= 11 is 5.95. The molecule has 0 unspecified atom stereocenters. The zero-order valence-corrected chi connectivity index (χ0v) is 16.4. The molecule has 8 heteroatoms. The quantitative estimate of drug-likeness (QED) is 0.481. The average molecular weight is 422 g/mol. The maximum Gasteiger partial charge on any atom is 0.266 e. The molecule has 1 N–H and O–H groups in total. The van der Waals surface area contributed by atoms with Gasteiger partial charge in [0.05, 0.1) is 18.1 Å². The lowest BCUT2D eigenvalue weighted by Crippen LogP contribution is -2.22. The summed E-state index contributed by atoms with van der Waals surface area (Å²) in [5, 5.41) is 22.9. The second kappa shape index (κ2) is 8.99. The van der Waals surface area contributed by atoms with Crippen LogP contribution in [0.15, 0.2) is 64.6 Å². The Balaban J connectivity index is 1.79. The predicted molar refractivity (Wildman–Crippen MR) is 109 cm³/mol. The highest BCUT2D eigenvalue weighted by atomic mass is 35.5. The smallest absolute Gasteiger partial charge is 0.266 e. The number of hydrogen-bond donors (Lipinski definition) is 1. The minimum atomic E-state index is -1.38. The lowest BCUT2D eigenvalue weighted by molar-refractivity contribution is -0.255. The summed E-state index contributed by atoms with van der Waals surface area (Å²) in [7, 11) is 1.54. The van der Waals surface area contributed by atoms with Crippen LogP contribution in [0, 0.1) is 11.3 Å². The molecular formula is C22H14ClN2O5-. The van der Waals surface area contributed by atoms with Gasteiger partial charge in [-0.15, -0.1) is 0 Å². The summed E-state index contributed by atoms with van der Waals surface area (Å²) in [6, 6.07) is 16.0. The molecule has 150 valence electrons. The Hall–Kier alpha value is -4.02. The van der Waals surface area contributed by atoms with Gasteiger partial charge in [-0.25, -0.2) is 0 Å². The highest BCUT2D eigenvalue weighted by molar-refractivity contribution is 6.33. The molecular weight excluding hydrogens is 408 g/mol. The zero-order chi connectivity index (χ0) is 21.7. The van der Waals surface area contributed by atoms with Gasteiger partial charge in [0.1, 0.15) is 28.9 Å². The third-order valence-corrected chi connectivity index (χ3v) is 4.41. The van der Waals surface area contributed by atoms with Gasteiger partial charge in [0, 0.05) is 22.9 Å². The summed E-state index contributed by atoms with van der Waals surface area (Å²) in [6.45, 7) is 0. The third-order valence-electron chi connectivity index (χ3n) is 4.10. The number of rotatable bonds is 6. The number of halogens is 1. The van der Waals surface area contributed by atoms with E-state index in [-0.39, 0.29) is 21.9 Å². The van der Waals surface area contributed by atoms with E-state index in [4.69, 9.17) is 20.8 Å². The van der Waals surface area contributed by atoms with Crippen LogP contribution in [0.1, 0.15) is 16.1 Å². The summed E-state index contributed by atoms with van der Waals surface area (Å²) in [5.74, 6) is -0.675. The molecule has 0 fully saturated rings. The number of methoxy groups -OCH3 is 1. The van der Waals surface area contributed by atoms with E-state index in [1.165, 1.54) is 31.4 Å². The molecule has 0 atom stereocenters. The molecule has 0 saturated heterocycles. The van der Waals surface area contributed by atoms with Crippen molar-refractivity contribution in [2.75, 3.05) is 12.4 Å². The number of anilines is 1. The average Bonchev–Trinajstić information content (AvgIpc) is 3.20. The second-order valence-electron chi connectivity index (χ2n) is 6.04. The van der Waals surface area contributed by atoms with E-state index < -0.39 is 11.9 Å². The first-order chi connectivity index (χ1) is 14.4. The standard InChI is InChI=1S/C22H15ClN2O5/c1-29-16-5-3-15(4-6-16)25-21(26)14(12-24)10-17-7-9-20(30-17)13-2-8-18(22(27)28)19(23)11-13/h2-11H,1H3,(H,25,26)(H,27,28)/p-1/b14-10+. The molecule has 0 aliphatic heterocycles. The van der Waals surface area contributed by atoms with Crippen LogP contribution in [0.2, 0.25) is 5.02 Å². The Morgan fingerprint density at radius 1 is 1.17 bits per heavy atom. The topological polar surface area (TPSA) is 115 Å². The lowest BCUT2D eigenvalue weighted by Gasteiger charge is -2.06. The van der Waals surface area contributed by atoms with Crippen LogP contribution in [0.3, 0.4) is 0 Å². The van der Waals surface area contributed by atoms with Crippen LogP contribution in [0.25, 0.3) is 17.4 Å². The Bertz CT molecular complexity index is 1170. The number of furan rings is 1. The number of amides is 1. The molecule has 1 aromatic heterocycles. The van der Waals surface area contributed by atoms with Gasteiger partial charge in [-0.3, -0.25) is 4.79 Å². The molecule has 30 heavy (non-hydrogen) atoms. The van der Waals surface area contributed by atoms with Crippen molar-refractivity contribution in [2.24, 2.45) is 0 Å². The minimum absolute atomic E-state index is 0.0116. The van der Waals surface area contributed by atoms with Crippen molar-refractivity contribution in [1.29, 1.82) is 5.26 Å². The second-order valence-corrected chi connectivity index (χ2v) is 6.44. The van der Waals surface area contributed by atoms with E-state index in [0.29, 0.717) is 22.8 Å². The molecule has 0 aliphatic carbocycles. The van der Waals surface area contributed by atoms with Crippen LogP contribution in [0.5, 0.6) is 5.75 Å². The van der Waals surface area contributed by atoms with Gasteiger partial charge in [0.2, 0.25) is 0 Å².